The molecule has 5 fully saturated rings. The highest BCUT2D eigenvalue weighted by Crippen LogP contribution is 2.55. The number of amides is 1. The van der Waals surface area contributed by atoms with Gasteiger partial charge in [-0.05, 0) is 74.0 Å². The Labute approximate surface area is 167 Å². The number of benzene rings is 1. The van der Waals surface area contributed by atoms with E-state index in [9.17, 15) is 4.79 Å². The Morgan fingerprint density at radius 3 is 2.30 bits per heavy atom. The molecule has 4 nitrogen and oxygen atoms in total. The third kappa shape index (κ3) is 3.76. The number of nitrogens with one attached hydrogen (secondary N) is 1. The molecule has 5 heteroatoms. The topological polar surface area (TPSA) is 35.6 Å². The average molecular weight is 388 g/mol. The number of hydrogen-bond donors (Lipinski definition) is 1. The number of nitrogens with zero attached hydrogens (tertiary/aromatic N) is 2. The third-order valence-corrected chi connectivity index (χ3v) is 7.72. The molecule has 5 aliphatic rings. The van der Waals surface area contributed by atoms with Gasteiger partial charge < -0.3 is 5.32 Å². The molecule has 0 unspecified atom stereocenters. The van der Waals surface area contributed by atoms with Gasteiger partial charge in [-0.1, -0.05) is 17.7 Å². The van der Waals surface area contributed by atoms with Crippen molar-refractivity contribution in [2.75, 3.05) is 38.0 Å². The Bertz CT molecular complexity index is 673. The van der Waals surface area contributed by atoms with Crippen LogP contribution in [0.15, 0.2) is 24.3 Å². The van der Waals surface area contributed by atoms with Crippen LogP contribution in [0.2, 0.25) is 5.02 Å². The van der Waals surface area contributed by atoms with Crippen LogP contribution in [-0.4, -0.2) is 54.5 Å². The monoisotopic (exact) mass is 387 g/mol. The SMILES string of the molecule is O=C(CN1CCN(C2C3CC4CC(C3)CC2C4)CC1)Nc1cccc(Cl)c1. The fourth-order valence-electron chi connectivity index (χ4n) is 6.68. The molecule has 4 bridgehead atoms. The summed E-state index contributed by atoms with van der Waals surface area (Å²) in [5, 5.41) is 3.62. The number of hydrogen-bond acceptors (Lipinski definition) is 3. The molecule has 4 aliphatic carbocycles. The van der Waals surface area contributed by atoms with E-state index in [-0.39, 0.29) is 5.91 Å². The summed E-state index contributed by atoms with van der Waals surface area (Å²) in [6.45, 7) is 4.73. The minimum atomic E-state index is 0.0559. The van der Waals surface area contributed by atoms with Crippen molar-refractivity contribution in [1.82, 2.24) is 9.80 Å². The highest BCUT2D eigenvalue weighted by atomic mass is 35.5. The van der Waals surface area contributed by atoms with E-state index in [1.807, 2.05) is 18.2 Å². The second-order valence-corrected chi connectivity index (χ2v) is 9.73. The summed E-state index contributed by atoms with van der Waals surface area (Å²) in [5.41, 5.74) is 0.778. The van der Waals surface area contributed by atoms with Crippen molar-refractivity contribution < 1.29 is 4.79 Å². The zero-order chi connectivity index (χ0) is 18.4. The highest BCUT2D eigenvalue weighted by Gasteiger charge is 2.50. The Kier molecular flexibility index (Phi) is 4.91. The molecular formula is C22H30ClN3O. The lowest BCUT2D eigenvalue weighted by molar-refractivity contribution is -0.118. The summed E-state index contributed by atoms with van der Waals surface area (Å²) in [5.74, 6) is 4.05. The number of anilines is 1. The standard InChI is InChI=1S/C22H30ClN3O/c23-19-2-1-3-20(13-19)24-21(27)14-25-4-6-26(7-5-25)22-17-9-15-8-16(11-17)12-18(22)10-15/h1-3,13,15-18,22H,4-12,14H2,(H,24,27). The van der Waals surface area contributed by atoms with E-state index in [0.29, 0.717) is 11.6 Å². The quantitative estimate of drug-likeness (QED) is 0.855. The zero-order valence-corrected chi connectivity index (χ0v) is 16.7. The Morgan fingerprint density at radius 2 is 1.67 bits per heavy atom. The summed E-state index contributed by atoms with van der Waals surface area (Å²) >= 11 is 5.99. The second-order valence-electron chi connectivity index (χ2n) is 9.29. The average Bonchev–Trinajstić information content (AvgIpc) is 2.62. The molecule has 1 amide bonds. The van der Waals surface area contributed by atoms with Crippen molar-refractivity contribution >= 4 is 23.2 Å². The minimum Gasteiger partial charge on any atom is -0.325 e. The predicted octanol–water partition coefficient (Wildman–Crippen LogP) is 3.72. The second kappa shape index (κ2) is 7.38. The van der Waals surface area contributed by atoms with Crippen LogP contribution in [-0.2, 0) is 4.79 Å². The maximum absolute atomic E-state index is 12.4. The summed E-state index contributed by atoms with van der Waals surface area (Å²) in [7, 11) is 0. The molecule has 0 spiro atoms. The molecule has 1 aliphatic heterocycles. The van der Waals surface area contributed by atoms with E-state index in [1.165, 1.54) is 32.1 Å². The molecule has 4 saturated carbocycles. The van der Waals surface area contributed by atoms with E-state index < -0.39 is 0 Å². The van der Waals surface area contributed by atoms with E-state index in [4.69, 9.17) is 11.6 Å². The van der Waals surface area contributed by atoms with Gasteiger partial charge in [0.2, 0.25) is 5.91 Å². The van der Waals surface area contributed by atoms with Gasteiger partial charge >= 0.3 is 0 Å². The van der Waals surface area contributed by atoms with Crippen molar-refractivity contribution in [3.05, 3.63) is 29.3 Å². The summed E-state index contributed by atoms with van der Waals surface area (Å²) in [4.78, 5) is 17.4. The van der Waals surface area contributed by atoms with E-state index in [1.54, 1.807) is 6.07 Å². The fraction of sp³-hybridized carbons (Fsp3) is 0.682. The maximum Gasteiger partial charge on any atom is 0.238 e. The lowest BCUT2D eigenvalue weighted by Gasteiger charge is -2.58. The molecule has 1 saturated heterocycles. The van der Waals surface area contributed by atoms with E-state index >= 15 is 0 Å². The molecule has 0 aromatic heterocycles. The van der Waals surface area contributed by atoms with Gasteiger partial charge in [-0.3, -0.25) is 14.6 Å². The molecule has 1 heterocycles. The summed E-state index contributed by atoms with van der Waals surface area (Å²) in [6, 6.07) is 8.19. The number of piperazine rings is 1. The third-order valence-electron chi connectivity index (χ3n) is 7.48. The summed E-state index contributed by atoms with van der Waals surface area (Å²) in [6.07, 6.45) is 7.47. The van der Waals surface area contributed by atoms with Crippen LogP contribution in [0.25, 0.3) is 0 Å². The van der Waals surface area contributed by atoms with Gasteiger partial charge in [0.15, 0.2) is 0 Å². The van der Waals surface area contributed by atoms with Crippen LogP contribution in [0.3, 0.4) is 0 Å². The number of halogens is 1. The van der Waals surface area contributed by atoms with Crippen LogP contribution < -0.4 is 5.32 Å². The minimum absolute atomic E-state index is 0.0559. The first-order valence-electron chi connectivity index (χ1n) is 10.7. The van der Waals surface area contributed by atoms with E-state index in [0.717, 1.165) is 61.6 Å². The number of carbonyl (C=O) groups is 1. The Balaban J connectivity index is 1.12. The largest absolute Gasteiger partial charge is 0.325 e. The molecule has 0 atom stereocenters. The van der Waals surface area contributed by atoms with Crippen molar-refractivity contribution in [2.45, 2.75) is 38.1 Å². The van der Waals surface area contributed by atoms with Gasteiger partial charge in [0.25, 0.3) is 0 Å². The van der Waals surface area contributed by atoms with Crippen LogP contribution in [0.4, 0.5) is 5.69 Å². The maximum atomic E-state index is 12.4. The van der Waals surface area contributed by atoms with Gasteiger partial charge in [0.05, 0.1) is 6.54 Å². The van der Waals surface area contributed by atoms with Crippen molar-refractivity contribution in [1.29, 1.82) is 0 Å². The first-order valence-corrected chi connectivity index (χ1v) is 11.0. The number of carbonyl (C=O) groups excluding carboxylic acids is 1. The van der Waals surface area contributed by atoms with E-state index in [2.05, 4.69) is 15.1 Å². The van der Waals surface area contributed by atoms with Crippen molar-refractivity contribution in [3.8, 4) is 0 Å². The van der Waals surface area contributed by atoms with Gasteiger partial charge in [-0.15, -0.1) is 0 Å². The lowest BCUT2D eigenvalue weighted by Crippen LogP contribution is -2.60. The first-order chi connectivity index (χ1) is 13.1. The van der Waals surface area contributed by atoms with Crippen LogP contribution in [0, 0.1) is 23.7 Å². The fourth-order valence-corrected chi connectivity index (χ4v) is 6.87. The molecular weight excluding hydrogens is 358 g/mol. The highest BCUT2D eigenvalue weighted by molar-refractivity contribution is 6.30. The first kappa shape index (κ1) is 18.0. The van der Waals surface area contributed by atoms with Crippen LogP contribution in [0.1, 0.15) is 32.1 Å². The number of rotatable bonds is 4. The van der Waals surface area contributed by atoms with Gasteiger partial charge in [-0.25, -0.2) is 0 Å². The predicted molar refractivity (Wildman–Crippen MR) is 109 cm³/mol. The molecule has 1 aromatic carbocycles. The molecule has 6 rings (SSSR count). The molecule has 1 N–H and O–H groups in total. The normalized spacial score (nSPS) is 36.1. The van der Waals surface area contributed by atoms with Gasteiger partial charge in [-0.2, -0.15) is 0 Å². The van der Waals surface area contributed by atoms with Crippen molar-refractivity contribution in [2.24, 2.45) is 23.7 Å². The van der Waals surface area contributed by atoms with Gasteiger partial charge in [0, 0.05) is 42.9 Å². The van der Waals surface area contributed by atoms with Crippen molar-refractivity contribution in [3.63, 3.8) is 0 Å². The molecule has 1 aromatic rings. The van der Waals surface area contributed by atoms with Crippen LogP contribution in [0.5, 0.6) is 0 Å². The van der Waals surface area contributed by atoms with Crippen LogP contribution >= 0.6 is 11.6 Å². The summed E-state index contributed by atoms with van der Waals surface area (Å²) < 4.78 is 0. The Morgan fingerprint density at radius 1 is 1.00 bits per heavy atom. The Hall–Kier alpha value is -1.10. The molecule has 27 heavy (non-hydrogen) atoms. The molecule has 146 valence electrons. The zero-order valence-electron chi connectivity index (χ0n) is 15.9. The van der Waals surface area contributed by atoms with Gasteiger partial charge in [0.1, 0.15) is 0 Å². The lowest BCUT2D eigenvalue weighted by atomic mass is 9.54. The smallest absolute Gasteiger partial charge is 0.238 e. The molecule has 0 radical (unpaired) electrons.